The second-order valence-corrected chi connectivity index (χ2v) is 4.97. The summed E-state index contributed by atoms with van der Waals surface area (Å²) < 4.78 is 5.99. The summed E-state index contributed by atoms with van der Waals surface area (Å²) in [5.74, 6) is 1.29. The van der Waals surface area contributed by atoms with E-state index in [1.54, 1.807) is 6.20 Å². The number of rotatable bonds is 3. The van der Waals surface area contributed by atoms with Gasteiger partial charge in [0.2, 0.25) is 0 Å². The first-order chi connectivity index (χ1) is 10.2. The molecule has 0 unspecified atom stereocenters. The Labute approximate surface area is 123 Å². The Bertz CT molecular complexity index is 800. The first kappa shape index (κ1) is 13.5. The van der Waals surface area contributed by atoms with E-state index in [1.165, 1.54) is 0 Å². The van der Waals surface area contributed by atoms with E-state index in [9.17, 15) is 5.11 Å². The third-order valence-corrected chi connectivity index (χ3v) is 3.29. The van der Waals surface area contributed by atoms with Gasteiger partial charge in [0.05, 0.1) is 6.61 Å². The number of nitrogens with zero attached hydrogens (tertiary/aromatic N) is 2. The third kappa shape index (κ3) is 2.71. The summed E-state index contributed by atoms with van der Waals surface area (Å²) in [5, 5.41) is 10.4. The molecule has 21 heavy (non-hydrogen) atoms. The Morgan fingerprint density at radius 1 is 1.05 bits per heavy atom. The van der Waals surface area contributed by atoms with Crippen LogP contribution >= 0.6 is 0 Å². The molecule has 2 aromatic heterocycles. The van der Waals surface area contributed by atoms with Gasteiger partial charge in [-0.25, -0.2) is 4.98 Å². The first-order valence-electron chi connectivity index (χ1n) is 6.78. The molecule has 0 saturated heterocycles. The summed E-state index contributed by atoms with van der Waals surface area (Å²) in [5.41, 5.74) is 3.25. The van der Waals surface area contributed by atoms with E-state index >= 15 is 0 Å². The molecule has 1 N–H and O–H groups in total. The van der Waals surface area contributed by atoms with Gasteiger partial charge in [0.1, 0.15) is 11.3 Å². The molecule has 4 heteroatoms. The van der Waals surface area contributed by atoms with E-state index in [-0.39, 0.29) is 6.61 Å². The minimum absolute atomic E-state index is 0.111. The van der Waals surface area contributed by atoms with Crippen molar-refractivity contribution in [2.75, 3.05) is 0 Å². The fourth-order valence-corrected chi connectivity index (χ4v) is 2.20. The molecule has 0 aliphatic rings. The molecule has 106 valence electrons. The van der Waals surface area contributed by atoms with Gasteiger partial charge in [0.15, 0.2) is 5.75 Å². The van der Waals surface area contributed by atoms with Gasteiger partial charge in [0, 0.05) is 34.6 Å². The summed E-state index contributed by atoms with van der Waals surface area (Å²) in [6.07, 6.45) is 1.63. The van der Waals surface area contributed by atoms with Crippen LogP contribution < -0.4 is 4.74 Å². The summed E-state index contributed by atoms with van der Waals surface area (Å²) in [4.78, 5) is 8.72. The molecule has 0 saturated carbocycles. The Kier molecular flexibility index (Phi) is 3.54. The number of hydrogen-bond donors (Lipinski definition) is 1. The SMILES string of the molecule is Cc1cc(Oc2cccc3ccc(C)nc23)c(CO)cn1. The van der Waals surface area contributed by atoms with Crippen LogP contribution in [-0.4, -0.2) is 15.1 Å². The van der Waals surface area contributed by atoms with Gasteiger partial charge in [0.25, 0.3) is 0 Å². The highest BCUT2D eigenvalue weighted by atomic mass is 16.5. The minimum Gasteiger partial charge on any atom is -0.455 e. The Hall–Kier alpha value is -2.46. The molecular weight excluding hydrogens is 264 g/mol. The lowest BCUT2D eigenvalue weighted by Gasteiger charge is -2.12. The predicted molar refractivity (Wildman–Crippen MR) is 81.5 cm³/mol. The standard InChI is InChI=1S/C17H16N2O2/c1-11-6-7-13-4-3-5-15(17(13)19-11)21-16-8-12(2)18-9-14(16)10-20/h3-9,20H,10H2,1-2H3. The van der Waals surface area contributed by atoms with E-state index < -0.39 is 0 Å². The lowest BCUT2D eigenvalue weighted by atomic mass is 10.2. The third-order valence-electron chi connectivity index (χ3n) is 3.29. The van der Waals surface area contributed by atoms with Crippen molar-refractivity contribution in [1.82, 2.24) is 9.97 Å². The van der Waals surface area contributed by atoms with E-state index in [1.807, 2.05) is 50.2 Å². The molecule has 3 rings (SSSR count). The molecule has 0 fully saturated rings. The molecule has 0 spiro atoms. The highest BCUT2D eigenvalue weighted by Gasteiger charge is 2.09. The highest BCUT2D eigenvalue weighted by molar-refractivity contribution is 5.84. The molecular formula is C17H16N2O2. The smallest absolute Gasteiger partial charge is 0.153 e. The molecule has 0 aliphatic carbocycles. The zero-order valence-corrected chi connectivity index (χ0v) is 12.0. The van der Waals surface area contributed by atoms with Gasteiger partial charge >= 0.3 is 0 Å². The fourth-order valence-electron chi connectivity index (χ4n) is 2.20. The van der Waals surface area contributed by atoms with Crippen LogP contribution in [0.3, 0.4) is 0 Å². The van der Waals surface area contributed by atoms with Crippen LogP contribution in [0.25, 0.3) is 10.9 Å². The zero-order chi connectivity index (χ0) is 14.8. The summed E-state index contributed by atoms with van der Waals surface area (Å²) >= 11 is 0. The highest BCUT2D eigenvalue weighted by Crippen LogP contribution is 2.30. The van der Waals surface area contributed by atoms with Gasteiger partial charge in [-0.2, -0.15) is 0 Å². The van der Waals surface area contributed by atoms with Crippen LogP contribution in [-0.2, 0) is 6.61 Å². The van der Waals surface area contributed by atoms with Crippen molar-refractivity contribution in [3.63, 3.8) is 0 Å². The molecule has 0 amide bonds. The largest absolute Gasteiger partial charge is 0.455 e. The number of aromatic nitrogens is 2. The molecule has 0 aliphatic heterocycles. The second kappa shape index (κ2) is 5.50. The number of aliphatic hydroxyl groups excluding tert-OH is 1. The predicted octanol–water partition coefficient (Wildman–Crippen LogP) is 3.53. The molecule has 0 bridgehead atoms. The number of aryl methyl sites for hydroxylation is 2. The molecule has 0 atom stereocenters. The van der Waals surface area contributed by atoms with E-state index in [2.05, 4.69) is 9.97 Å². The van der Waals surface area contributed by atoms with Crippen LogP contribution in [0.4, 0.5) is 0 Å². The number of benzene rings is 1. The quantitative estimate of drug-likeness (QED) is 0.797. The fraction of sp³-hybridized carbons (Fsp3) is 0.176. The number of hydrogen-bond acceptors (Lipinski definition) is 4. The normalized spacial score (nSPS) is 10.8. The van der Waals surface area contributed by atoms with Crippen molar-refractivity contribution in [3.8, 4) is 11.5 Å². The average molecular weight is 280 g/mol. The Morgan fingerprint density at radius 3 is 2.71 bits per heavy atom. The number of para-hydroxylation sites is 1. The van der Waals surface area contributed by atoms with Crippen molar-refractivity contribution in [1.29, 1.82) is 0 Å². The average Bonchev–Trinajstić information content (AvgIpc) is 2.48. The summed E-state index contributed by atoms with van der Waals surface area (Å²) in [7, 11) is 0. The maximum absolute atomic E-state index is 9.41. The monoisotopic (exact) mass is 280 g/mol. The number of aliphatic hydroxyl groups is 1. The van der Waals surface area contributed by atoms with Crippen LogP contribution in [0, 0.1) is 13.8 Å². The van der Waals surface area contributed by atoms with E-state index in [0.29, 0.717) is 17.1 Å². The lowest BCUT2D eigenvalue weighted by Crippen LogP contribution is -1.96. The molecule has 1 aromatic carbocycles. The van der Waals surface area contributed by atoms with Crippen LogP contribution in [0.2, 0.25) is 0 Å². The summed E-state index contributed by atoms with van der Waals surface area (Å²) in [6, 6.07) is 11.6. The molecule has 0 radical (unpaired) electrons. The minimum atomic E-state index is -0.111. The van der Waals surface area contributed by atoms with Crippen molar-refractivity contribution < 1.29 is 9.84 Å². The van der Waals surface area contributed by atoms with E-state index in [0.717, 1.165) is 22.3 Å². The van der Waals surface area contributed by atoms with Gasteiger partial charge < -0.3 is 9.84 Å². The van der Waals surface area contributed by atoms with Gasteiger partial charge in [-0.1, -0.05) is 18.2 Å². The molecule has 3 aromatic rings. The molecule has 4 nitrogen and oxygen atoms in total. The van der Waals surface area contributed by atoms with E-state index in [4.69, 9.17) is 4.74 Å². The number of fused-ring (bicyclic) bond motifs is 1. The maximum atomic E-state index is 9.41. The Morgan fingerprint density at radius 2 is 1.90 bits per heavy atom. The topological polar surface area (TPSA) is 55.2 Å². The maximum Gasteiger partial charge on any atom is 0.153 e. The van der Waals surface area contributed by atoms with Crippen molar-refractivity contribution in [3.05, 3.63) is 59.5 Å². The lowest BCUT2D eigenvalue weighted by molar-refractivity contribution is 0.276. The van der Waals surface area contributed by atoms with Crippen LogP contribution in [0.5, 0.6) is 11.5 Å². The van der Waals surface area contributed by atoms with Gasteiger partial charge in [-0.05, 0) is 26.0 Å². The van der Waals surface area contributed by atoms with Crippen molar-refractivity contribution >= 4 is 10.9 Å². The van der Waals surface area contributed by atoms with Crippen molar-refractivity contribution in [2.45, 2.75) is 20.5 Å². The van der Waals surface area contributed by atoms with Crippen molar-refractivity contribution in [2.24, 2.45) is 0 Å². The molecule has 2 heterocycles. The second-order valence-electron chi connectivity index (χ2n) is 4.97. The van der Waals surface area contributed by atoms with Crippen LogP contribution in [0.1, 0.15) is 17.0 Å². The summed E-state index contributed by atoms with van der Waals surface area (Å²) in [6.45, 7) is 3.73. The first-order valence-corrected chi connectivity index (χ1v) is 6.78. The zero-order valence-electron chi connectivity index (χ0n) is 12.0. The number of ether oxygens (including phenoxy) is 1. The number of pyridine rings is 2. The Balaban J connectivity index is 2.10. The van der Waals surface area contributed by atoms with Crippen LogP contribution in [0.15, 0.2) is 42.6 Å². The van der Waals surface area contributed by atoms with Gasteiger partial charge in [-0.15, -0.1) is 0 Å². The van der Waals surface area contributed by atoms with Gasteiger partial charge in [-0.3, -0.25) is 4.98 Å².